The van der Waals surface area contributed by atoms with Gasteiger partial charge in [-0.2, -0.15) is 0 Å². The summed E-state index contributed by atoms with van der Waals surface area (Å²) in [4.78, 5) is 10.2. The van der Waals surface area contributed by atoms with Crippen LogP contribution in [0.15, 0.2) is 18.2 Å². The number of rotatable bonds is 5. The molecule has 0 spiro atoms. The second-order valence-electron chi connectivity index (χ2n) is 3.46. The summed E-state index contributed by atoms with van der Waals surface area (Å²) in [6, 6.07) is 4.09. The topological polar surface area (TPSA) is 113 Å². The van der Waals surface area contributed by atoms with Crippen molar-refractivity contribution >= 4 is 22.2 Å². The van der Waals surface area contributed by atoms with Gasteiger partial charge in [-0.05, 0) is 6.07 Å². The van der Waals surface area contributed by atoms with Crippen LogP contribution in [0.2, 0.25) is 0 Å². The highest BCUT2D eigenvalue weighted by Gasteiger charge is 2.14. The third kappa shape index (κ3) is 2.88. The number of nitrogen functional groups attached to an aromatic ring is 1. The molecule has 0 fully saturated rings. The first kappa shape index (κ1) is 13.0. The van der Waals surface area contributed by atoms with Gasteiger partial charge < -0.3 is 15.2 Å². The number of ether oxygens (including phenoxy) is 2. The van der Waals surface area contributed by atoms with Crippen molar-refractivity contribution in [3.05, 3.63) is 34.0 Å². The van der Waals surface area contributed by atoms with Crippen molar-refractivity contribution in [1.82, 2.24) is 9.59 Å². The zero-order valence-electron chi connectivity index (χ0n) is 9.90. The van der Waals surface area contributed by atoms with Gasteiger partial charge in [-0.3, -0.25) is 10.1 Å². The third-order valence-corrected chi connectivity index (χ3v) is 2.90. The molecule has 100 valence electrons. The number of hydrogen-bond donors (Lipinski definition) is 1. The van der Waals surface area contributed by atoms with Gasteiger partial charge in [0.2, 0.25) is 0 Å². The van der Waals surface area contributed by atoms with Gasteiger partial charge in [0.05, 0.1) is 18.1 Å². The molecule has 1 heterocycles. The normalized spacial score (nSPS) is 10.2. The Kier molecular flexibility index (Phi) is 3.76. The quantitative estimate of drug-likeness (QED) is 0.654. The molecule has 0 aliphatic rings. The molecule has 0 saturated carbocycles. The molecule has 0 bridgehead atoms. The van der Waals surface area contributed by atoms with Crippen molar-refractivity contribution in [2.75, 3.05) is 12.8 Å². The van der Waals surface area contributed by atoms with E-state index in [0.717, 1.165) is 11.5 Å². The Morgan fingerprint density at radius 3 is 2.84 bits per heavy atom. The van der Waals surface area contributed by atoms with Crippen molar-refractivity contribution in [3.8, 4) is 11.5 Å². The number of non-ortho nitro benzene ring substituents is 1. The molecule has 0 amide bonds. The number of hydrogen-bond acceptors (Lipinski definition) is 8. The summed E-state index contributed by atoms with van der Waals surface area (Å²) in [5.41, 5.74) is 6.03. The Labute approximate surface area is 112 Å². The van der Waals surface area contributed by atoms with E-state index in [4.69, 9.17) is 15.2 Å². The SMILES string of the molecule is COc1ccc([N+](=O)[O-])cc1OCc1nnsc1N. The van der Waals surface area contributed by atoms with E-state index in [0.29, 0.717) is 16.4 Å². The summed E-state index contributed by atoms with van der Waals surface area (Å²) >= 11 is 1.05. The lowest BCUT2D eigenvalue weighted by Gasteiger charge is -2.09. The number of nitro benzene ring substituents is 1. The van der Waals surface area contributed by atoms with Crippen LogP contribution in [0, 0.1) is 10.1 Å². The minimum atomic E-state index is -0.509. The van der Waals surface area contributed by atoms with Gasteiger partial charge in [-0.15, -0.1) is 5.10 Å². The molecule has 2 rings (SSSR count). The van der Waals surface area contributed by atoms with E-state index in [9.17, 15) is 10.1 Å². The van der Waals surface area contributed by atoms with E-state index >= 15 is 0 Å². The summed E-state index contributed by atoms with van der Waals surface area (Å²) in [6.07, 6.45) is 0. The number of nitro groups is 1. The lowest BCUT2D eigenvalue weighted by molar-refractivity contribution is -0.385. The Hall–Kier alpha value is -2.42. The van der Waals surface area contributed by atoms with Gasteiger partial charge in [-0.25, -0.2) is 0 Å². The summed E-state index contributed by atoms with van der Waals surface area (Å²) in [5.74, 6) is 0.650. The standard InChI is InChI=1S/C10H10N4O4S/c1-17-8-3-2-6(14(15)16)4-9(8)18-5-7-10(11)19-13-12-7/h2-4H,5,11H2,1H3. The predicted molar refractivity (Wildman–Crippen MR) is 68.3 cm³/mol. The van der Waals surface area contributed by atoms with Gasteiger partial charge in [0.15, 0.2) is 11.5 Å². The van der Waals surface area contributed by atoms with Gasteiger partial charge >= 0.3 is 0 Å². The number of methoxy groups -OCH3 is 1. The predicted octanol–water partition coefficient (Wildman–Crippen LogP) is 1.62. The molecule has 9 heteroatoms. The fourth-order valence-corrected chi connectivity index (χ4v) is 1.79. The second kappa shape index (κ2) is 5.48. The highest BCUT2D eigenvalue weighted by atomic mass is 32.1. The Balaban J connectivity index is 2.20. The smallest absolute Gasteiger partial charge is 0.273 e. The fourth-order valence-electron chi connectivity index (χ4n) is 1.35. The maximum absolute atomic E-state index is 10.7. The highest BCUT2D eigenvalue weighted by Crippen LogP contribution is 2.32. The first-order chi connectivity index (χ1) is 9.11. The molecule has 2 aromatic rings. The molecular weight excluding hydrogens is 272 g/mol. The number of aromatic nitrogens is 2. The number of nitrogens with two attached hydrogens (primary N) is 1. The number of nitrogens with zero attached hydrogens (tertiary/aromatic N) is 3. The van der Waals surface area contributed by atoms with E-state index < -0.39 is 4.92 Å². The largest absolute Gasteiger partial charge is 0.493 e. The average molecular weight is 282 g/mol. The van der Waals surface area contributed by atoms with E-state index in [1.807, 2.05) is 0 Å². The maximum Gasteiger partial charge on any atom is 0.273 e. The van der Waals surface area contributed by atoms with Crippen LogP contribution in [0.25, 0.3) is 0 Å². The first-order valence-corrected chi connectivity index (χ1v) is 5.91. The summed E-state index contributed by atoms with van der Waals surface area (Å²) in [7, 11) is 1.45. The zero-order valence-corrected chi connectivity index (χ0v) is 10.7. The van der Waals surface area contributed by atoms with Crippen LogP contribution in [0.3, 0.4) is 0 Å². The lowest BCUT2D eigenvalue weighted by atomic mass is 10.3. The van der Waals surface area contributed by atoms with Crippen LogP contribution in [-0.2, 0) is 6.61 Å². The maximum atomic E-state index is 10.7. The van der Waals surface area contributed by atoms with Crippen molar-refractivity contribution < 1.29 is 14.4 Å². The molecule has 0 atom stereocenters. The number of anilines is 1. The van der Waals surface area contributed by atoms with Crippen molar-refractivity contribution in [3.63, 3.8) is 0 Å². The molecule has 19 heavy (non-hydrogen) atoms. The van der Waals surface area contributed by atoms with Gasteiger partial charge in [0, 0.05) is 17.6 Å². The van der Waals surface area contributed by atoms with Crippen molar-refractivity contribution in [2.24, 2.45) is 0 Å². The van der Waals surface area contributed by atoms with Crippen molar-refractivity contribution in [1.29, 1.82) is 0 Å². The lowest BCUT2D eigenvalue weighted by Crippen LogP contribution is -2.01. The van der Waals surface area contributed by atoms with Crippen LogP contribution < -0.4 is 15.2 Å². The molecule has 8 nitrogen and oxygen atoms in total. The second-order valence-corrected chi connectivity index (χ2v) is 4.25. The summed E-state index contributed by atoms with van der Waals surface area (Å²) in [6.45, 7) is 0.0693. The molecule has 0 saturated heterocycles. The minimum absolute atomic E-state index is 0.0693. The molecule has 0 unspecified atom stereocenters. The van der Waals surface area contributed by atoms with Crippen LogP contribution in [-0.4, -0.2) is 21.6 Å². The van der Waals surface area contributed by atoms with Crippen LogP contribution in [0.1, 0.15) is 5.69 Å². The van der Waals surface area contributed by atoms with Crippen LogP contribution >= 0.6 is 11.5 Å². The molecule has 1 aromatic carbocycles. The Morgan fingerprint density at radius 1 is 1.47 bits per heavy atom. The summed E-state index contributed by atoms with van der Waals surface area (Å²) in [5, 5.41) is 14.9. The van der Waals surface area contributed by atoms with Crippen LogP contribution in [0.4, 0.5) is 10.7 Å². The van der Waals surface area contributed by atoms with Gasteiger partial charge in [0.25, 0.3) is 5.69 Å². The Morgan fingerprint density at radius 2 is 2.26 bits per heavy atom. The van der Waals surface area contributed by atoms with Crippen molar-refractivity contribution in [2.45, 2.75) is 6.61 Å². The molecular formula is C10H10N4O4S. The van der Waals surface area contributed by atoms with Gasteiger partial charge in [0.1, 0.15) is 17.3 Å². The molecule has 2 N–H and O–H groups in total. The Bertz CT molecular complexity index is 601. The molecule has 1 aromatic heterocycles. The molecule has 0 aliphatic carbocycles. The van der Waals surface area contributed by atoms with Crippen LogP contribution in [0.5, 0.6) is 11.5 Å². The third-order valence-electron chi connectivity index (χ3n) is 2.31. The summed E-state index contributed by atoms with van der Waals surface area (Å²) < 4.78 is 14.2. The minimum Gasteiger partial charge on any atom is -0.493 e. The van der Waals surface area contributed by atoms with E-state index in [2.05, 4.69) is 9.59 Å². The zero-order chi connectivity index (χ0) is 13.8. The monoisotopic (exact) mass is 282 g/mol. The van der Waals surface area contributed by atoms with E-state index in [-0.39, 0.29) is 18.0 Å². The van der Waals surface area contributed by atoms with E-state index in [1.54, 1.807) is 0 Å². The van der Waals surface area contributed by atoms with Gasteiger partial charge in [-0.1, -0.05) is 4.49 Å². The molecule has 0 aliphatic heterocycles. The highest BCUT2D eigenvalue weighted by molar-refractivity contribution is 7.09. The fraction of sp³-hybridized carbons (Fsp3) is 0.200. The molecule has 0 radical (unpaired) electrons. The first-order valence-electron chi connectivity index (χ1n) is 5.13. The number of benzene rings is 1. The average Bonchev–Trinajstić information content (AvgIpc) is 2.81. The van der Waals surface area contributed by atoms with E-state index in [1.165, 1.54) is 25.3 Å².